The van der Waals surface area contributed by atoms with Gasteiger partial charge < -0.3 is 4.74 Å². The average Bonchev–Trinajstić information content (AvgIpc) is 3.45. The molecule has 0 unspecified atom stereocenters. The lowest BCUT2D eigenvalue weighted by atomic mass is 10.0. The minimum absolute atomic E-state index is 0.180. The topological polar surface area (TPSA) is 46.4 Å². The zero-order valence-electron chi connectivity index (χ0n) is 19.7. The maximum absolute atomic E-state index is 12.9. The SMILES string of the molecule is COCCN1CCN([C@H]2CC[C@H](c3cc(-c4ccc(C(F)(F)F)nc4)nn3C(C)C)C2)CC1. The van der Waals surface area contributed by atoms with Crippen molar-refractivity contribution < 1.29 is 17.9 Å². The Kier molecular flexibility index (Phi) is 7.40. The summed E-state index contributed by atoms with van der Waals surface area (Å²) in [6.45, 7) is 10.3. The van der Waals surface area contributed by atoms with Crippen LogP contribution in [0.5, 0.6) is 0 Å². The van der Waals surface area contributed by atoms with Crippen LogP contribution >= 0.6 is 0 Å². The van der Waals surface area contributed by atoms with Crippen molar-refractivity contribution in [2.24, 2.45) is 0 Å². The van der Waals surface area contributed by atoms with Crippen molar-refractivity contribution in [1.29, 1.82) is 0 Å². The third-order valence-corrected chi connectivity index (χ3v) is 6.96. The van der Waals surface area contributed by atoms with Gasteiger partial charge in [0.25, 0.3) is 0 Å². The van der Waals surface area contributed by atoms with Crippen molar-refractivity contribution in [3.63, 3.8) is 0 Å². The Morgan fingerprint density at radius 2 is 1.88 bits per heavy atom. The smallest absolute Gasteiger partial charge is 0.383 e. The molecule has 1 aliphatic heterocycles. The summed E-state index contributed by atoms with van der Waals surface area (Å²) in [6.07, 6.45) is 0.220. The van der Waals surface area contributed by atoms with Crippen LogP contribution < -0.4 is 0 Å². The van der Waals surface area contributed by atoms with Gasteiger partial charge >= 0.3 is 6.18 Å². The van der Waals surface area contributed by atoms with Crippen molar-refractivity contribution >= 4 is 0 Å². The predicted molar refractivity (Wildman–Crippen MR) is 121 cm³/mol. The maximum atomic E-state index is 12.9. The molecule has 9 heteroatoms. The molecule has 2 aromatic rings. The number of hydrogen-bond donors (Lipinski definition) is 0. The molecule has 2 aromatic heterocycles. The van der Waals surface area contributed by atoms with E-state index in [1.165, 1.54) is 24.4 Å². The minimum atomic E-state index is -4.44. The first-order chi connectivity index (χ1) is 15.8. The summed E-state index contributed by atoms with van der Waals surface area (Å²) < 4.78 is 45.9. The van der Waals surface area contributed by atoms with Crippen LogP contribution in [-0.4, -0.2) is 77.0 Å². The number of aromatic nitrogens is 3. The van der Waals surface area contributed by atoms with Crippen molar-refractivity contribution in [1.82, 2.24) is 24.6 Å². The van der Waals surface area contributed by atoms with Crippen LogP contribution in [0.2, 0.25) is 0 Å². The highest BCUT2D eigenvalue weighted by Crippen LogP contribution is 2.39. The molecule has 0 aromatic carbocycles. The van der Waals surface area contributed by atoms with Gasteiger partial charge in [-0.3, -0.25) is 19.5 Å². The molecule has 4 rings (SSSR count). The van der Waals surface area contributed by atoms with E-state index < -0.39 is 11.9 Å². The Morgan fingerprint density at radius 3 is 2.48 bits per heavy atom. The number of alkyl halides is 3. The number of hydrogen-bond acceptors (Lipinski definition) is 5. The van der Waals surface area contributed by atoms with Gasteiger partial charge in [-0.15, -0.1) is 0 Å². The Bertz CT molecular complexity index is 904. The molecule has 182 valence electrons. The number of rotatable bonds is 7. The van der Waals surface area contributed by atoms with Crippen molar-refractivity contribution in [3.8, 4) is 11.3 Å². The second-order valence-corrected chi connectivity index (χ2v) is 9.46. The normalized spacial score (nSPS) is 23.0. The summed E-state index contributed by atoms with van der Waals surface area (Å²) in [5.74, 6) is 0.410. The van der Waals surface area contributed by atoms with Gasteiger partial charge in [0.2, 0.25) is 0 Å². The first-order valence-electron chi connectivity index (χ1n) is 11.8. The summed E-state index contributed by atoms with van der Waals surface area (Å²) in [5, 5.41) is 4.76. The van der Waals surface area contributed by atoms with Gasteiger partial charge in [0, 0.05) is 75.3 Å². The molecule has 1 saturated carbocycles. The van der Waals surface area contributed by atoms with Gasteiger partial charge in [-0.25, -0.2) is 0 Å². The number of nitrogens with zero attached hydrogens (tertiary/aromatic N) is 5. The predicted octanol–water partition coefficient (Wildman–Crippen LogP) is 4.44. The molecule has 1 aliphatic carbocycles. The van der Waals surface area contributed by atoms with E-state index in [-0.39, 0.29) is 6.04 Å². The molecule has 0 spiro atoms. The Labute approximate surface area is 193 Å². The first kappa shape index (κ1) is 24.2. The van der Waals surface area contributed by atoms with Gasteiger partial charge in [0.05, 0.1) is 12.3 Å². The molecule has 0 amide bonds. The van der Waals surface area contributed by atoms with Crippen LogP contribution in [-0.2, 0) is 10.9 Å². The van der Waals surface area contributed by atoms with Gasteiger partial charge in [-0.2, -0.15) is 18.3 Å². The van der Waals surface area contributed by atoms with Gasteiger partial charge in [-0.1, -0.05) is 0 Å². The molecule has 3 heterocycles. The lowest BCUT2D eigenvalue weighted by Gasteiger charge is -2.38. The molecule has 0 radical (unpaired) electrons. The van der Waals surface area contributed by atoms with Crippen LogP contribution in [0.25, 0.3) is 11.3 Å². The van der Waals surface area contributed by atoms with E-state index in [1.807, 2.05) is 4.68 Å². The summed E-state index contributed by atoms with van der Waals surface area (Å²) in [5.41, 5.74) is 1.61. The molecule has 1 saturated heterocycles. The second-order valence-electron chi connectivity index (χ2n) is 9.46. The molecule has 2 aliphatic rings. The van der Waals surface area contributed by atoms with Gasteiger partial charge in [0.15, 0.2) is 0 Å². The largest absolute Gasteiger partial charge is 0.433 e. The average molecular weight is 466 g/mol. The third-order valence-electron chi connectivity index (χ3n) is 6.96. The van der Waals surface area contributed by atoms with Crippen LogP contribution in [0.4, 0.5) is 13.2 Å². The van der Waals surface area contributed by atoms with Crippen molar-refractivity contribution in [2.75, 3.05) is 46.4 Å². The molecule has 2 fully saturated rings. The van der Waals surface area contributed by atoms with Crippen LogP contribution in [0, 0.1) is 0 Å². The molecule has 33 heavy (non-hydrogen) atoms. The lowest BCUT2D eigenvalue weighted by Crippen LogP contribution is -2.50. The Morgan fingerprint density at radius 1 is 1.12 bits per heavy atom. The van der Waals surface area contributed by atoms with E-state index in [1.54, 1.807) is 7.11 Å². The fourth-order valence-electron chi connectivity index (χ4n) is 5.11. The molecule has 0 bridgehead atoms. The van der Waals surface area contributed by atoms with E-state index in [0.717, 1.165) is 58.2 Å². The summed E-state index contributed by atoms with van der Waals surface area (Å²) >= 11 is 0. The maximum Gasteiger partial charge on any atom is 0.433 e. The molecule has 6 nitrogen and oxygen atoms in total. The summed E-state index contributed by atoms with van der Waals surface area (Å²) in [6, 6.07) is 5.31. The zero-order chi connectivity index (χ0) is 23.6. The number of methoxy groups -OCH3 is 1. The van der Waals surface area contributed by atoms with E-state index in [2.05, 4.69) is 34.7 Å². The number of piperazine rings is 1. The number of halogens is 3. The lowest BCUT2D eigenvalue weighted by molar-refractivity contribution is -0.141. The quantitative estimate of drug-likeness (QED) is 0.605. The van der Waals surface area contributed by atoms with E-state index in [9.17, 15) is 13.2 Å². The minimum Gasteiger partial charge on any atom is -0.383 e. The second kappa shape index (κ2) is 10.1. The standard InChI is InChI=1S/C24H34F3N5O/c1-17(2)32-22(15-21(29-32)19-5-7-23(28-16-19)24(25,26)27)18-4-6-20(14-18)31-10-8-30(9-11-31)12-13-33-3/h5,7,15-18,20H,4,6,8-14H2,1-3H3/t18-,20-/m0/s1. The van der Waals surface area contributed by atoms with Gasteiger partial charge in [-0.05, 0) is 51.3 Å². The fraction of sp³-hybridized carbons (Fsp3) is 0.667. The number of pyridine rings is 1. The Balaban J connectivity index is 1.44. The molecule has 0 N–H and O–H groups in total. The summed E-state index contributed by atoms with van der Waals surface area (Å²) in [7, 11) is 1.75. The highest BCUT2D eigenvalue weighted by atomic mass is 19.4. The van der Waals surface area contributed by atoms with Gasteiger partial charge in [0.1, 0.15) is 5.69 Å². The van der Waals surface area contributed by atoms with Crippen molar-refractivity contribution in [3.05, 3.63) is 35.8 Å². The third kappa shape index (κ3) is 5.58. The van der Waals surface area contributed by atoms with Crippen LogP contribution in [0.1, 0.15) is 56.5 Å². The highest BCUT2D eigenvalue weighted by molar-refractivity contribution is 5.58. The van der Waals surface area contributed by atoms with E-state index in [4.69, 9.17) is 9.84 Å². The van der Waals surface area contributed by atoms with Crippen LogP contribution in [0.3, 0.4) is 0 Å². The fourth-order valence-corrected chi connectivity index (χ4v) is 5.11. The first-order valence-corrected chi connectivity index (χ1v) is 11.8. The molecular formula is C24H34F3N5O. The number of ether oxygens (including phenoxy) is 1. The molecular weight excluding hydrogens is 431 g/mol. The molecule has 2 atom stereocenters. The van der Waals surface area contributed by atoms with E-state index in [0.29, 0.717) is 23.2 Å². The van der Waals surface area contributed by atoms with Crippen molar-refractivity contribution in [2.45, 2.75) is 57.3 Å². The summed E-state index contributed by atoms with van der Waals surface area (Å²) in [4.78, 5) is 8.70. The van der Waals surface area contributed by atoms with Crippen LogP contribution in [0.15, 0.2) is 24.4 Å². The monoisotopic (exact) mass is 465 g/mol. The van der Waals surface area contributed by atoms with E-state index >= 15 is 0 Å². The Hall–Kier alpha value is -1.97. The highest BCUT2D eigenvalue weighted by Gasteiger charge is 2.35. The zero-order valence-corrected chi connectivity index (χ0v) is 19.7.